The summed E-state index contributed by atoms with van der Waals surface area (Å²) in [7, 11) is 0. The minimum absolute atomic E-state index is 0.327. The minimum atomic E-state index is 0.327. The van der Waals surface area contributed by atoms with Crippen LogP contribution in [-0.2, 0) is 38.8 Å². The number of H-pyrrole nitrogens is 1. The summed E-state index contributed by atoms with van der Waals surface area (Å²) >= 11 is 0. The van der Waals surface area contributed by atoms with Gasteiger partial charge in [0, 0.05) is 44.0 Å². The number of benzene rings is 2. The molecule has 0 aliphatic heterocycles. The van der Waals surface area contributed by atoms with E-state index in [0.29, 0.717) is 17.8 Å². The quantitative estimate of drug-likeness (QED) is 0.353. The minimum Gasteiger partial charge on any atom is -0.369 e. The molecule has 9 heteroatoms. The normalized spacial score (nSPS) is 17.2. The number of hydrogen-bond donors (Lipinski definition) is 2. The number of fused-ring (bicyclic) bond motifs is 1. The predicted octanol–water partition coefficient (Wildman–Crippen LogP) is 3.09. The van der Waals surface area contributed by atoms with Crippen LogP contribution in [0.3, 0.4) is 0 Å². The molecule has 3 heterocycles. The summed E-state index contributed by atoms with van der Waals surface area (Å²) in [6.45, 7) is 1.54. The molecule has 0 fully saturated rings. The SMILES string of the molecule is Nc1nc2c([nH]1)C[C@@H](Cn1cc(Cc3ccccc3)nn1)[C@H](Cn1cc(Cc3ccccc3)nn1)C2. The number of aromatic nitrogens is 8. The zero-order chi connectivity index (χ0) is 24.3. The van der Waals surface area contributed by atoms with Crippen LogP contribution in [0.2, 0.25) is 0 Å². The first kappa shape index (κ1) is 22.2. The Bertz CT molecular complexity index is 1310. The van der Waals surface area contributed by atoms with Gasteiger partial charge in [-0.25, -0.2) is 4.98 Å². The highest BCUT2D eigenvalue weighted by Crippen LogP contribution is 2.32. The highest BCUT2D eigenvalue weighted by Gasteiger charge is 2.32. The molecule has 2 atom stereocenters. The predicted molar refractivity (Wildman–Crippen MR) is 136 cm³/mol. The molecule has 0 saturated carbocycles. The van der Waals surface area contributed by atoms with Crippen molar-refractivity contribution in [3.8, 4) is 0 Å². The number of imidazole rings is 1. The number of hydrogen-bond acceptors (Lipinski definition) is 6. The summed E-state index contributed by atoms with van der Waals surface area (Å²) < 4.78 is 3.95. The highest BCUT2D eigenvalue weighted by atomic mass is 15.4. The van der Waals surface area contributed by atoms with Gasteiger partial charge in [0.2, 0.25) is 0 Å². The molecule has 3 aromatic heterocycles. The van der Waals surface area contributed by atoms with E-state index in [1.807, 2.05) is 21.5 Å². The number of rotatable bonds is 8. The standard InChI is InChI=1S/C27H29N9/c28-27-29-25-13-21(15-35-17-23(31-33-35)11-19-7-3-1-4-8-19)22(14-26(25)30-27)16-36-18-24(32-34-36)12-20-9-5-2-6-10-20/h1-10,17-18,21-22H,11-16H2,(H3,28,29,30)/t21-,22-/m0/s1. The second-order valence-corrected chi connectivity index (χ2v) is 9.66. The zero-order valence-corrected chi connectivity index (χ0v) is 20.0. The van der Waals surface area contributed by atoms with Crippen molar-refractivity contribution in [1.82, 2.24) is 40.0 Å². The van der Waals surface area contributed by atoms with Crippen LogP contribution in [0.1, 0.15) is 33.9 Å². The number of aromatic amines is 1. The lowest BCUT2D eigenvalue weighted by atomic mass is 9.79. The number of nitrogens with two attached hydrogens (primary N) is 1. The van der Waals surface area contributed by atoms with Crippen LogP contribution in [0.5, 0.6) is 0 Å². The molecule has 1 aliphatic carbocycles. The van der Waals surface area contributed by atoms with E-state index < -0.39 is 0 Å². The van der Waals surface area contributed by atoms with E-state index in [0.717, 1.165) is 61.5 Å². The lowest BCUT2D eigenvalue weighted by molar-refractivity contribution is 0.224. The Balaban J connectivity index is 1.18. The summed E-state index contributed by atoms with van der Waals surface area (Å²) in [5.41, 5.74) is 12.6. The lowest BCUT2D eigenvalue weighted by Gasteiger charge is -2.30. The first-order chi connectivity index (χ1) is 17.7. The van der Waals surface area contributed by atoms with Crippen LogP contribution in [0.4, 0.5) is 5.95 Å². The summed E-state index contributed by atoms with van der Waals surface area (Å²) in [6, 6.07) is 20.7. The van der Waals surface area contributed by atoms with Crippen molar-refractivity contribution in [1.29, 1.82) is 0 Å². The largest absolute Gasteiger partial charge is 0.369 e. The Kier molecular flexibility index (Phi) is 6.03. The Hall–Kier alpha value is -4.27. The van der Waals surface area contributed by atoms with E-state index >= 15 is 0 Å². The fraction of sp³-hybridized carbons (Fsp3) is 0.296. The lowest BCUT2D eigenvalue weighted by Crippen LogP contribution is -2.32. The van der Waals surface area contributed by atoms with Gasteiger partial charge in [-0.05, 0) is 35.8 Å². The van der Waals surface area contributed by atoms with E-state index in [9.17, 15) is 0 Å². The molecule has 9 nitrogen and oxygen atoms in total. The third-order valence-corrected chi connectivity index (χ3v) is 6.94. The van der Waals surface area contributed by atoms with Gasteiger partial charge in [-0.15, -0.1) is 10.2 Å². The average Bonchev–Trinajstić information content (AvgIpc) is 3.60. The molecule has 5 aromatic rings. The first-order valence-corrected chi connectivity index (χ1v) is 12.4. The maximum Gasteiger partial charge on any atom is 0.197 e. The Morgan fingerprint density at radius 3 is 1.83 bits per heavy atom. The number of nitrogen functional groups attached to an aromatic ring is 1. The van der Waals surface area contributed by atoms with Crippen molar-refractivity contribution in [2.24, 2.45) is 11.8 Å². The second kappa shape index (κ2) is 9.77. The van der Waals surface area contributed by atoms with Crippen LogP contribution in [0, 0.1) is 11.8 Å². The van der Waals surface area contributed by atoms with E-state index in [2.05, 4.69) is 91.5 Å². The summed E-state index contributed by atoms with van der Waals surface area (Å²) in [4.78, 5) is 7.79. The van der Waals surface area contributed by atoms with Crippen molar-refractivity contribution >= 4 is 5.95 Å². The van der Waals surface area contributed by atoms with Crippen molar-refractivity contribution in [2.45, 2.75) is 38.8 Å². The molecular weight excluding hydrogens is 450 g/mol. The van der Waals surface area contributed by atoms with Crippen molar-refractivity contribution in [3.05, 3.63) is 107 Å². The molecule has 0 unspecified atom stereocenters. The molecule has 0 saturated heterocycles. The molecule has 36 heavy (non-hydrogen) atoms. The van der Waals surface area contributed by atoms with Gasteiger partial charge in [0.25, 0.3) is 0 Å². The molecule has 0 bridgehead atoms. The van der Waals surface area contributed by atoms with Crippen LogP contribution < -0.4 is 5.73 Å². The molecular formula is C27H29N9. The topological polar surface area (TPSA) is 116 Å². The molecule has 2 aromatic carbocycles. The molecule has 0 radical (unpaired) electrons. The van der Waals surface area contributed by atoms with Gasteiger partial charge < -0.3 is 10.7 Å². The third kappa shape index (κ3) is 5.05. The van der Waals surface area contributed by atoms with E-state index in [4.69, 9.17) is 5.73 Å². The third-order valence-electron chi connectivity index (χ3n) is 6.94. The van der Waals surface area contributed by atoms with E-state index in [1.54, 1.807) is 0 Å². The van der Waals surface area contributed by atoms with E-state index in [-0.39, 0.29) is 0 Å². The molecule has 0 spiro atoms. The maximum absolute atomic E-state index is 5.99. The second-order valence-electron chi connectivity index (χ2n) is 9.66. The summed E-state index contributed by atoms with van der Waals surface area (Å²) in [5, 5.41) is 17.7. The number of nitrogens with one attached hydrogen (secondary N) is 1. The van der Waals surface area contributed by atoms with Gasteiger partial charge >= 0.3 is 0 Å². The number of nitrogens with zero attached hydrogens (tertiary/aromatic N) is 7. The van der Waals surface area contributed by atoms with Crippen LogP contribution in [-0.4, -0.2) is 40.0 Å². The molecule has 6 rings (SSSR count). The fourth-order valence-corrected chi connectivity index (χ4v) is 5.18. The summed E-state index contributed by atoms with van der Waals surface area (Å²) in [6.07, 6.45) is 7.38. The number of anilines is 1. The monoisotopic (exact) mass is 479 g/mol. The molecule has 182 valence electrons. The fourth-order valence-electron chi connectivity index (χ4n) is 5.18. The Morgan fingerprint density at radius 1 is 0.750 bits per heavy atom. The first-order valence-electron chi connectivity index (χ1n) is 12.4. The van der Waals surface area contributed by atoms with Crippen LogP contribution >= 0.6 is 0 Å². The van der Waals surface area contributed by atoms with Gasteiger partial charge in [-0.3, -0.25) is 9.36 Å². The van der Waals surface area contributed by atoms with Crippen LogP contribution in [0.15, 0.2) is 73.1 Å². The smallest absolute Gasteiger partial charge is 0.197 e. The van der Waals surface area contributed by atoms with E-state index in [1.165, 1.54) is 11.1 Å². The van der Waals surface area contributed by atoms with Crippen molar-refractivity contribution in [2.75, 3.05) is 5.73 Å². The molecule has 3 N–H and O–H groups in total. The molecule has 1 aliphatic rings. The van der Waals surface area contributed by atoms with Gasteiger partial charge in [-0.1, -0.05) is 71.1 Å². The maximum atomic E-state index is 5.99. The Morgan fingerprint density at radius 2 is 1.28 bits per heavy atom. The summed E-state index contributed by atoms with van der Waals surface area (Å²) in [5.74, 6) is 1.15. The van der Waals surface area contributed by atoms with Gasteiger partial charge in [0.05, 0.1) is 17.1 Å². The highest BCUT2D eigenvalue weighted by molar-refractivity contribution is 5.29. The zero-order valence-electron chi connectivity index (χ0n) is 20.0. The average molecular weight is 480 g/mol. The van der Waals surface area contributed by atoms with Gasteiger partial charge in [-0.2, -0.15) is 0 Å². The van der Waals surface area contributed by atoms with Crippen molar-refractivity contribution in [3.63, 3.8) is 0 Å². The Labute approximate surface area is 209 Å². The molecule has 0 amide bonds. The van der Waals surface area contributed by atoms with Gasteiger partial charge in [0.15, 0.2) is 5.95 Å². The van der Waals surface area contributed by atoms with Crippen molar-refractivity contribution < 1.29 is 0 Å². The van der Waals surface area contributed by atoms with Gasteiger partial charge in [0.1, 0.15) is 0 Å². The van der Waals surface area contributed by atoms with Crippen LogP contribution in [0.25, 0.3) is 0 Å².